The summed E-state index contributed by atoms with van der Waals surface area (Å²) in [6.07, 6.45) is 0.906. The highest BCUT2D eigenvalue weighted by atomic mass is 32.1. The summed E-state index contributed by atoms with van der Waals surface area (Å²) < 4.78 is 5.48. The monoisotopic (exact) mass is 308 g/mol. The van der Waals surface area contributed by atoms with E-state index in [-0.39, 0.29) is 0 Å². The van der Waals surface area contributed by atoms with Gasteiger partial charge in [-0.2, -0.15) is 15.0 Å². The zero-order valence-electron chi connectivity index (χ0n) is 12.5. The molecule has 0 atom stereocenters. The van der Waals surface area contributed by atoms with Gasteiger partial charge < -0.3 is 15.4 Å². The van der Waals surface area contributed by atoms with Gasteiger partial charge in [-0.25, -0.2) is 4.98 Å². The van der Waals surface area contributed by atoms with Crippen molar-refractivity contribution in [3.63, 3.8) is 0 Å². The van der Waals surface area contributed by atoms with Gasteiger partial charge in [-0.3, -0.25) is 0 Å². The van der Waals surface area contributed by atoms with E-state index in [1.165, 1.54) is 0 Å². The van der Waals surface area contributed by atoms with E-state index in [4.69, 9.17) is 4.74 Å². The predicted molar refractivity (Wildman–Crippen MR) is 84.0 cm³/mol. The summed E-state index contributed by atoms with van der Waals surface area (Å²) in [5.41, 5.74) is 0.971. The van der Waals surface area contributed by atoms with Crippen LogP contribution in [-0.2, 0) is 6.54 Å². The number of aryl methyl sites for hydroxylation is 1. The lowest BCUT2D eigenvalue weighted by Gasteiger charge is -2.09. The first-order chi connectivity index (χ1) is 10.2. The number of nitrogens with one attached hydrogen (secondary N) is 2. The van der Waals surface area contributed by atoms with Gasteiger partial charge in [-0.05, 0) is 20.3 Å². The Morgan fingerprint density at radius 2 is 1.86 bits per heavy atom. The number of rotatable bonds is 8. The van der Waals surface area contributed by atoms with Crippen LogP contribution in [0.1, 0.15) is 31.0 Å². The standard InChI is InChI=1S/C13H20N6OS/c1-4-6-20-13-18-11(14-5-2)17-12(19-13)15-7-10-8-21-9(3)16-10/h8H,4-7H2,1-3H3,(H2,14,15,17,18,19). The van der Waals surface area contributed by atoms with E-state index in [0.717, 1.165) is 23.7 Å². The summed E-state index contributed by atoms with van der Waals surface area (Å²) in [5, 5.41) is 9.28. The molecule has 0 aliphatic heterocycles. The van der Waals surface area contributed by atoms with E-state index in [0.29, 0.717) is 31.1 Å². The molecule has 2 N–H and O–H groups in total. The highest BCUT2D eigenvalue weighted by Gasteiger charge is 2.07. The van der Waals surface area contributed by atoms with E-state index in [1.807, 2.05) is 26.2 Å². The summed E-state index contributed by atoms with van der Waals surface area (Å²) in [6.45, 7) is 7.91. The average molecular weight is 308 g/mol. The summed E-state index contributed by atoms with van der Waals surface area (Å²) in [7, 11) is 0. The van der Waals surface area contributed by atoms with E-state index < -0.39 is 0 Å². The molecule has 0 fully saturated rings. The Kier molecular flexibility index (Phi) is 5.68. The van der Waals surface area contributed by atoms with Crippen LogP contribution in [0.2, 0.25) is 0 Å². The van der Waals surface area contributed by atoms with Gasteiger partial charge in [0.05, 0.1) is 23.9 Å². The van der Waals surface area contributed by atoms with E-state index >= 15 is 0 Å². The SMILES string of the molecule is CCCOc1nc(NCC)nc(NCc2csc(C)n2)n1. The lowest BCUT2D eigenvalue weighted by atomic mass is 10.5. The molecule has 2 aromatic heterocycles. The van der Waals surface area contributed by atoms with Gasteiger partial charge in [0.2, 0.25) is 11.9 Å². The molecular weight excluding hydrogens is 288 g/mol. The Labute approximate surface area is 128 Å². The maximum absolute atomic E-state index is 5.48. The molecule has 0 saturated carbocycles. The number of ether oxygens (including phenoxy) is 1. The second-order valence-electron chi connectivity index (χ2n) is 4.36. The van der Waals surface area contributed by atoms with Crippen LogP contribution in [0, 0.1) is 6.92 Å². The van der Waals surface area contributed by atoms with E-state index in [1.54, 1.807) is 11.3 Å². The number of hydrogen-bond donors (Lipinski definition) is 2. The Morgan fingerprint density at radius 1 is 1.10 bits per heavy atom. The van der Waals surface area contributed by atoms with Crippen molar-refractivity contribution in [2.45, 2.75) is 33.7 Å². The van der Waals surface area contributed by atoms with E-state index in [9.17, 15) is 0 Å². The molecule has 7 nitrogen and oxygen atoms in total. The number of nitrogens with zero attached hydrogens (tertiary/aromatic N) is 4. The van der Waals surface area contributed by atoms with Gasteiger partial charge >= 0.3 is 6.01 Å². The molecule has 0 bridgehead atoms. The van der Waals surface area contributed by atoms with Crippen LogP contribution in [0.4, 0.5) is 11.9 Å². The molecule has 0 aliphatic rings. The number of thiazole rings is 1. The Morgan fingerprint density at radius 3 is 2.48 bits per heavy atom. The predicted octanol–water partition coefficient (Wildman–Crippen LogP) is 2.47. The van der Waals surface area contributed by atoms with Crippen LogP contribution in [0.5, 0.6) is 6.01 Å². The van der Waals surface area contributed by atoms with Crippen molar-refractivity contribution in [2.24, 2.45) is 0 Å². The number of aromatic nitrogens is 4. The van der Waals surface area contributed by atoms with Crippen LogP contribution in [-0.4, -0.2) is 33.1 Å². The zero-order chi connectivity index (χ0) is 15.1. The average Bonchev–Trinajstić information content (AvgIpc) is 2.89. The van der Waals surface area contributed by atoms with Crippen molar-refractivity contribution >= 4 is 23.2 Å². The number of hydrogen-bond acceptors (Lipinski definition) is 8. The second-order valence-corrected chi connectivity index (χ2v) is 5.42. The molecule has 0 unspecified atom stereocenters. The topological polar surface area (TPSA) is 84.9 Å². The molecule has 0 amide bonds. The maximum Gasteiger partial charge on any atom is 0.323 e. The van der Waals surface area contributed by atoms with Gasteiger partial charge in [-0.1, -0.05) is 6.92 Å². The minimum Gasteiger partial charge on any atom is -0.463 e. The molecule has 0 aliphatic carbocycles. The lowest BCUT2D eigenvalue weighted by Crippen LogP contribution is -2.11. The quantitative estimate of drug-likeness (QED) is 0.775. The van der Waals surface area contributed by atoms with Crippen molar-refractivity contribution in [3.05, 3.63) is 16.1 Å². The number of anilines is 2. The maximum atomic E-state index is 5.48. The molecule has 2 heterocycles. The van der Waals surface area contributed by atoms with Crippen LogP contribution in [0.25, 0.3) is 0 Å². The Bertz CT molecular complexity index is 574. The summed E-state index contributed by atoms with van der Waals surface area (Å²) in [5.74, 6) is 0.994. The van der Waals surface area contributed by atoms with Crippen molar-refractivity contribution in [1.29, 1.82) is 0 Å². The third-order valence-corrected chi connectivity index (χ3v) is 3.30. The normalized spacial score (nSPS) is 10.4. The Hall–Kier alpha value is -1.96. The van der Waals surface area contributed by atoms with Gasteiger partial charge in [0.1, 0.15) is 0 Å². The fourth-order valence-electron chi connectivity index (χ4n) is 1.59. The van der Waals surface area contributed by atoms with Gasteiger partial charge in [0, 0.05) is 11.9 Å². The van der Waals surface area contributed by atoms with Gasteiger partial charge in [0.15, 0.2) is 0 Å². The summed E-state index contributed by atoms with van der Waals surface area (Å²) >= 11 is 1.62. The minimum atomic E-state index is 0.333. The lowest BCUT2D eigenvalue weighted by molar-refractivity contribution is 0.292. The third kappa shape index (κ3) is 4.82. The first-order valence-electron chi connectivity index (χ1n) is 6.99. The van der Waals surface area contributed by atoms with Crippen molar-refractivity contribution < 1.29 is 4.74 Å². The summed E-state index contributed by atoms with van der Waals surface area (Å²) in [4.78, 5) is 17.2. The van der Waals surface area contributed by atoms with Gasteiger partial charge in [0.25, 0.3) is 0 Å². The van der Waals surface area contributed by atoms with Crippen molar-refractivity contribution in [1.82, 2.24) is 19.9 Å². The smallest absolute Gasteiger partial charge is 0.323 e. The van der Waals surface area contributed by atoms with Crippen LogP contribution in [0.3, 0.4) is 0 Å². The molecule has 0 spiro atoms. The zero-order valence-corrected chi connectivity index (χ0v) is 13.3. The van der Waals surface area contributed by atoms with E-state index in [2.05, 4.69) is 30.6 Å². The van der Waals surface area contributed by atoms with Crippen LogP contribution < -0.4 is 15.4 Å². The first-order valence-corrected chi connectivity index (χ1v) is 7.86. The fraction of sp³-hybridized carbons (Fsp3) is 0.538. The highest BCUT2D eigenvalue weighted by molar-refractivity contribution is 7.09. The largest absolute Gasteiger partial charge is 0.463 e. The molecule has 2 aromatic rings. The summed E-state index contributed by atoms with van der Waals surface area (Å²) in [6, 6.07) is 0.333. The molecule has 0 aromatic carbocycles. The molecule has 0 radical (unpaired) electrons. The molecular formula is C13H20N6OS. The van der Waals surface area contributed by atoms with Crippen LogP contribution >= 0.6 is 11.3 Å². The van der Waals surface area contributed by atoms with Crippen molar-refractivity contribution in [2.75, 3.05) is 23.8 Å². The Balaban J connectivity index is 2.07. The molecule has 0 saturated heterocycles. The van der Waals surface area contributed by atoms with Gasteiger partial charge in [-0.15, -0.1) is 11.3 Å². The van der Waals surface area contributed by atoms with Crippen LogP contribution in [0.15, 0.2) is 5.38 Å². The third-order valence-electron chi connectivity index (χ3n) is 2.48. The highest BCUT2D eigenvalue weighted by Crippen LogP contribution is 2.13. The fourth-order valence-corrected chi connectivity index (χ4v) is 2.20. The first kappa shape index (κ1) is 15.4. The molecule has 2 rings (SSSR count). The molecule has 21 heavy (non-hydrogen) atoms. The van der Waals surface area contributed by atoms with Crippen molar-refractivity contribution in [3.8, 4) is 6.01 Å². The molecule has 8 heteroatoms. The minimum absolute atomic E-state index is 0.333. The second kappa shape index (κ2) is 7.72. The molecule has 114 valence electrons.